The fourth-order valence-electron chi connectivity index (χ4n) is 1.69. The molecule has 0 radical (unpaired) electrons. The quantitative estimate of drug-likeness (QED) is 0.369. The van der Waals surface area contributed by atoms with E-state index < -0.39 is 10.9 Å². The minimum Gasteiger partial charge on any atom is -0.422 e. The number of halogens is 1. The molecule has 20 heavy (non-hydrogen) atoms. The van der Waals surface area contributed by atoms with Gasteiger partial charge in [0.15, 0.2) is 0 Å². The van der Waals surface area contributed by atoms with Gasteiger partial charge in [-0.05, 0) is 36.8 Å². The van der Waals surface area contributed by atoms with E-state index in [9.17, 15) is 14.9 Å². The Morgan fingerprint density at radius 1 is 1.25 bits per heavy atom. The number of hydrogen-bond donors (Lipinski definition) is 0. The largest absolute Gasteiger partial charge is 0.422 e. The summed E-state index contributed by atoms with van der Waals surface area (Å²) in [5, 5.41) is 10.9. The number of hydrogen-bond acceptors (Lipinski definition) is 4. The van der Waals surface area contributed by atoms with E-state index in [4.69, 9.17) is 4.74 Å². The van der Waals surface area contributed by atoms with Crippen molar-refractivity contribution in [3.05, 3.63) is 68.2 Å². The van der Waals surface area contributed by atoms with Gasteiger partial charge in [0.1, 0.15) is 11.3 Å². The maximum Gasteiger partial charge on any atom is 0.350 e. The predicted octanol–water partition coefficient (Wildman–Crippen LogP) is 3.88. The third kappa shape index (κ3) is 3.03. The number of nitro groups is 1. The molecular formula is C14H10BrNO4. The molecule has 0 aliphatic heterocycles. The number of esters is 1. The maximum atomic E-state index is 12.0. The van der Waals surface area contributed by atoms with E-state index in [-0.39, 0.29) is 11.3 Å². The van der Waals surface area contributed by atoms with Crippen molar-refractivity contribution in [3.8, 4) is 5.75 Å². The number of nitrogens with zero attached hydrogens (tertiary/aromatic N) is 1. The second-order valence-electron chi connectivity index (χ2n) is 4.07. The molecule has 0 unspecified atom stereocenters. The van der Waals surface area contributed by atoms with E-state index in [1.807, 2.05) is 0 Å². The average Bonchev–Trinajstić information content (AvgIpc) is 2.41. The summed E-state index contributed by atoms with van der Waals surface area (Å²) in [6, 6.07) is 10.8. The smallest absolute Gasteiger partial charge is 0.350 e. The molecule has 0 fully saturated rings. The minimum absolute atomic E-state index is 0.0696. The Morgan fingerprint density at radius 2 is 1.95 bits per heavy atom. The molecule has 2 aromatic carbocycles. The zero-order chi connectivity index (χ0) is 14.7. The van der Waals surface area contributed by atoms with Gasteiger partial charge in [0.25, 0.3) is 5.69 Å². The van der Waals surface area contributed by atoms with Crippen molar-refractivity contribution in [1.82, 2.24) is 0 Å². The number of nitro benzene ring substituents is 1. The van der Waals surface area contributed by atoms with Crippen molar-refractivity contribution in [2.24, 2.45) is 0 Å². The van der Waals surface area contributed by atoms with Gasteiger partial charge >= 0.3 is 5.97 Å². The van der Waals surface area contributed by atoms with Gasteiger partial charge in [-0.15, -0.1) is 0 Å². The van der Waals surface area contributed by atoms with Gasteiger partial charge in [-0.3, -0.25) is 10.1 Å². The zero-order valence-electron chi connectivity index (χ0n) is 10.5. The first-order chi connectivity index (χ1) is 9.49. The Kier molecular flexibility index (Phi) is 4.14. The number of carbonyl (C=O) groups is 1. The highest BCUT2D eigenvalue weighted by molar-refractivity contribution is 9.10. The fourth-order valence-corrected chi connectivity index (χ4v) is 2.16. The van der Waals surface area contributed by atoms with Crippen LogP contribution in [0, 0.1) is 17.0 Å². The summed E-state index contributed by atoms with van der Waals surface area (Å²) in [6.45, 7) is 1.78. The molecule has 0 spiro atoms. The van der Waals surface area contributed by atoms with Crippen LogP contribution in [-0.2, 0) is 0 Å². The number of benzene rings is 2. The van der Waals surface area contributed by atoms with Crippen LogP contribution < -0.4 is 4.74 Å². The van der Waals surface area contributed by atoms with Crippen LogP contribution in [0.3, 0.4) is 0 Å². The van der Waals surface area contributed by atoms with Crippen molar-refractivity contribution in [3.63, 3.8) is 0 Å². The summed E-state index contributed by atoms with van der Waals surface area (Å²) in [5.41, 5.74) is 0.415. The summed E-state index contributed by atoms with van der Waals surface area (Å²) >= 11 is 3.31. The monoisotopic (exact) mass is 335 g/mol. The summed E-state index contributed by atoms with van der Waals surface area (Å²) in [4.78, 5) is 22.3. The molecule has 5 nitrogen and oxygen atoms in total. The molecule has 2 aromatic rings. The van der Waals surface area contributed by atoms with Crippen LogP contribution in [0.4, 0.5) is 5.69 Å². The second kappa shape index (κ2) is 5.83. The van der Waals surface area contributed by atoms with E-state index >= 15 is 0 Å². The number of rotatable bonds is 3. The van der Waals surface area contributed by atoms with Crippen LogP contribution in [-0.4, -0.2) is 10.9 Å². The Balaban J connectivity index is 2.31. The number of ether oxygens (including phenoxy) is 1. The van der Waals surface area contributed by atoms with Gasteiger partial charge < -0.3 is 4.74 Å². The zero-order valence-corrected chi connectivity index (χ0v) is 12.1. The summed E-state index contributed by atoms with van der Waals surface area (Å²) in [6.07, 6.45) is 0. The average molecular weight is 336 g/mol. The third-order valence-corrected chi connectivity index (χ3v) is 3.15. The fraction of sp³-hybridized carbons (Fsp3) is 0.0714. The van der Waals surface area contributed by atoms with Crippen molar-refractivity contribution in [2.45, 2.75) is 6.92 Å². The van der Waals surface area contributed by atoms with Gasteiger partial charge in [0.05, 0.1) is 4.92 Å². The summed E-state index contributed by atoms with van der Waals surface area (Å²) in [5.74, 6) is -0.376. The highest BCUT2D eigenvalue weighted by atomic mass is 79.9. The molecule has 0 bridgehead atoms. The molecule has 0 saturated heterocycles. The lowest BCUT2D eigenvalue weighted by atomic mass is 10.2. The van der Waals surface area contributed by atoms with Gasteiger partial charge in [-0.2, -0.15) is 0 Å². The highest BCUT2D eigenvalue weighted by Gasteiger charge is 2.21. The normalized spacial score (nSPS) is 10.1. The molecule has 0 amide bonds. The van der Waals surface area contributed by atoms with E-state index in [1.54, 1.807) is 31.2 Å². The van der Waals surface area contributed by atoms with Crippen LogP contribution >= 0.6 is 15.9 Å². The topological polar surface area (TPSA) is 69.4 Å². The number of para-hydroxylation sites is 1. The van der Waals surface area contributed by atoms with Crippen LogP contribution in [0.1, 0.15) is 15.9 Å². The SMILES string of the molecule is Cc1cc(Br)ccc1OC(=O)c1ccccc1[N+](=O)[O-]. The Bertz CT molecular complexity index is 685. The molecular weight excluding hydrogens is 326 g/mol. The number of carbonyl (C=O) groups excluding carboxylic acids is 1. The predicted molar refractivity (Wildman–Crippen MR) is 76.9 cm³/mol. The van der Waals surface area contributed by atoms with Gasteiger partial charge in [0.2, 0.25) is 0 Å². The maximum absolute atomic E-state index is 12.0. The van der Waals surface area contributed by atoms with Crippen molar-refractivity contribution in [2.75, 3.05) is 0 Å². The molecule has 0 aromatic heterocycles. The molecule has 0 heterocycles. The summed E-state index contributed by atoms with van der Waals surface area (Å²) in [7, 11) is 0. The van der Waals surface area contributed by atoms with Crippen molar-refractivity contribution in [1.29, 1.82) is 0 Å². The lowest BCUT2D eigenvalue weighted by Crippen LogP contribution is -2.11. The molecule has 0 aliphatic carbocycles. The van der Waals surface area contributed by atoms with Gasteiger partial charge in [-0.1, -0.05) is 28.1 Å². The molecule has 102 valence electrons. The van der Waals surface area contributed by atoms with E-state index in [0.29, 0.717) is 5.75 Å². The Hall–Kier alpha value is -2.21. The lowest BCUT2D eigenvalue weighted by molar-refractivity contribution is -0.385. The van der Waals surface area contributed by atoms with Crippen LogP contribution in [0.25, 0.3) is 0 Å². The van der Waals surface area contributed by atoms with E-state index in [1.165, 1.54) is 18.2 Å². The summed E-state index contributed by atoms with van der Waals surface area (Å²) < 4.78 is 6.07. The Morgan fingerprint density at radius 3 is 2.60 bits per heavy atom. The van der Waals surface area contributed by atoms with Crippen LogP contribution in [0.15, 0.2) is 46.9 Å². The highest BCUT2D eigenvalue weighted by Crippen LogP contribution is 2.25. The van der Waals surface area contributed by atoms with Gasteiger partial charge in [0, 0.05) is 10.5 Å². The van der Waals surface area contributed by atoms with Gasteiger partial charge in [-0.25, -0.2) is 4.79 Å². The Labute approximate surface area is 123 Å². The van der Waals surface area contributed by atoms with Crippen molar-refractivity contribution < 1.29 is 14.5 Å². The lowest BCUT2D eigenvalue weighted by Gasteiger charge is -2.07. The molecule has 0 N–H and O–H groups in total. The van der Waals surface area contributed by atoms with E-state index in [2.05, 4.69) is 15.9 Å². The molecule has 0 atom stereocenters. The molecule has 2 rings (SSSR count). The second-order valence-corrected chi connectivity index (χ2v) is 4.99. The third-order valence-electron chi connectivity index (χ3n) is 2.66. The first kappa shape index (κ1) is 14.2. The molecule has 0 aliphatic rings. The van der Waals surface area contributed by atoms with Crippen molar-refractivity contribution >= 4 is 27.6 Å². The van der Waals surface area contributed by atoms with Crippen LogP contribution in [0.2, 0.25) is 0 Å². The molecule has 6 heteroatoms. The minimum atomic E-state index is -0.747. The standard InChI is InChI=1S/C14H10BrNO4/c1-9-8-10(15)6-7-13(9)20-14(17)11-4-2-3-5-12(11)16(18)19/h2-8H,1H3. The first-order valence-corrected chi connectivity index (χ1v) is 6.50. The number of aryl methyl sites for hydroxylation is 1. The molecule has 0 saturated carbocycles. The first-order valence-electron chi connectivity index (χ1n) is 5.71. The van der Waals surface area contributed by atoms with E-state index in [0.717, 1.165) is 10.0 Å². The van der Waals surface area contributed by atoms with Crippen LogP contribution in [0.5, 0.6) is 5.75 Å².